The first-order valence-corrected chi connectivity index (χ1v) is 7.56. The molecule has 0 saturated carbocycles. The molecule has 5 heteroatoms. The monoisotopic (exact) mass is 302 g/mol. The van der Waals surface area contributed by atoms with Gasteiger partial charge in [-0.2, -0.15) is 0 Å². The molecule has 0 atom stereocenters. The van der Waals surface area contributed by atoms with E-state index in [2.05, 4.69) is 10.2 Å². The number of amides is 1. The van der Waals surface area contributed by atoms with Crippen molar-refractivity contribution < 1.29 is 14.7 Å². The molecule has 0 aromatic heterocycles. The number of hydrogen-bond acceptors (Lipinski definition) is 3. The van der Waals surface area contributed by atoms with Crippen molar-refractivity contribution in [2.24, 2.45) is 0 Å². The summed E-state index contributed by atoms with van der Waals surface area (Å²) in [5.74, 6) is -1.46. The van der Waals surface area contributed by atoms with Crippen molar-refractivity contribution in [3.8, 4) is 0 Å². The summed E-state index contributed by atoms with van der Waals surface area (Å²) < 4.78 is 0. The smallest absolute Gasteiger partial charge is 0.331 e. The van der Waals surface area contributed by atoms with E-state index in [1.807, 2.05) is 24.3 Å². The molecule has 2 rings (SSSR count). The molecular formula is C17H22N2O3. The minimum Gasteiger partial charge on any atom is -0.478 e. The highest BCUT2D eigenvalue weighted by Gasteiger charge is 2.14. The molecule has 1 aromatic rings. The Kier molecular flexibility index (Phi) is 5.20. The van der Waals surface area contributed by atoms with Gasteiger partial charge in [0.2, 0.25) is 0 Å². The zero-order chi connectivity index (χ0) is 16.1. The van der Waals surface area contributed by atoms with E-state index in [4.69, 9.17) is 5.11 Å². The molecule has 0 bridgehead atoms. The highest BCUT2D eigenvalue weighted by molar-refractivity contribution is 6.08. The van der Waals surface area contributed by atoms with E-state index in [-0.39, 0.29) is 17.1 Å². The van der Waals surface area contributed by atoms with Crippen LogP contribution in [0.25, 0.3) is 0 Å². The van der Waals surface area contributed by atoms with Crippen molar-refractivity contribution in [3.63, 3.8) is 0 Å². The van der Waals surface area contributed by atoms with Crippen LogP contribution < -0.4 is 10.2 Å². The van der Waals surface area contributed by atoms with E-state index < -0.39 is 5.97 Å². The van der Waals surface area contributed by atoms with Gasteiger partial charge < -0.3 is 15.3 Å². The van der Waals surface area contributed by atoms with Crippen molar-refractivity contribution in [1.82, 2.24) is 0 Å². The molecule has 0 aliphatic carbocycles. The number of piperidine rings is 1. The maximum atomic E-state index is 12.0. The number of carboxylic acid groups (broad SMARTS) is 1. The lowest BCUT2D eigenvalue weighted by Gasteiger charge is -2.28. The lowest BCUT2D eigenvalue weighted by Crippen LogP contribution is -2.29. The Balaban J connectivity index is 2.03. The van der Waals surface area contributed by atoms with Gasteiger partial charge in [-0.05, 0) is 57.4 Å². The van der Waals surface area contributed by atoms with E-state index in [1.165, 1.54) is 33.1 Å². The van der Waals surface area contributed by atoms with E-state index in [0.717, 1.165) is 18.8 Å². The molecule has 2 N–H and O–H groups in total. The predicted octanol–water partition coefficient (Wildman–Crippen LogP) is 3.04. The van der Waals surface area contributed by atoms with Crippen LogP contribution in [0.1, 0.15) is 33.1 Å². The van der Waals surface area contributed by atoms with Crippen LogP contribution in [0.4, 0.5) is 11.4 Å². The first-order valence-electron chi connectivity index (χ1n) is 7.56. The van der Waals surface area contributed by atoms with Crippen molar-refractivity contribution in [3.05, 3.63) is 35.4 Å². The van der Waals surface area contributed by atoms with E-state index in [1.54, 1.807) is 0 Å². The third kappa shape index (κ3) is 3.87. The SMILES string of the molecule is C/C(C(=O)O)=C(\C)C(=O)Nc1ccc(N2CCCCC2)cc1. The molecule has 1 saturated heterocycles. The third-order valence-electron chi connectivity index (χ3n) is 4.07. The fraction of sp³-hybridized carbons (Fsp3) is 0.412. The lowest BCUT2D eigenvalue weighted by molar-refractivity contribution is -0.133. The zero-order valence-corrected chi connectivity index (χ0v) is 13.1. The summed E-state index contributed by atoms with van der Waals surface area (Å²) in [5, 5.41) is 11.6. The van der Waals surface area contributed by atoms with Crippen LogP contribution in [0, 0.1) is 0 Å². The molecule has 1 heterocycles. The van der Waals surface area contributed by atoms with Gasteiger partial charge in [-0.25, -0.2) is 4.79 Å². The standard InChI is InChI=1S/C17H22N2O3/c1-12(13(2)17(21)22)16(20)18-14-6-8-15(9-7-14)19-10-4-3-5-11-19/h6-9H,3-5,10-11H2,1-2H3,(H,18,20)(H,21,22)/b13-12-. The van der Waals surface area contributed by atoms with Gasteiger partial charge >= 0.3 is 5.97 Å². The third-order valence-corrected chi connectivity index (χ3v) is 4.07. The molecule has 22 heavy (non-hydrogen) atoms. The Morgan fingerprint density at radius 1 is 1.00 bits per heavy atom. The number of nitrogens with zero attached hydrogens (tertiary/aromatic N) is 1. The van der Waals surface area contributed by atoms with Gasteiger partial charge in [0.1, 0.15) is 0 Å². The summed E-state index contributed by atoms with van der Waals surface area (Å²) in [6, 6.07) is 7.69. The molecular weight excluding hydrogens is 280 g/mol. The van der Waals surface area contributed by atoms with Crippen LogP contribution in [0.5, 0.6) is 0 Å². The van der Waals surface area contributed by atoms with Gasteiger partial charge in [-0.15, -0.1) is 0 Å². The number of carbonyl (C=O) groups excluding carboxylic acids is 1. The number of rotatable bonds is 4. The maximum Gasteiger partial charge on any atom is 0.331 e. The fourth-order valence-electron chi connectivity index (χ4n) is 2.46. The number of anilines is 2. The summed E-state index contributed by atoms with van der Waals surface area (Å²) >= 11 is 0. The van der Waals surface area contributed by atoms with Crippen molar-refractivity contribution >= 4 is 23.3 Å². The average molecular weight is 302 g/mol. The number of carboxylic acids is 1. The summed E-state index contributed by atoms with van der Waals surface area (Å²) in [7, 11) is 0. The molecule has 1 amide bonds. The van der Waals surface area contributed by atoms with Crippen LogP contribution >= 0.6 is 0 Å². The number of benzene rings is 1. The van der Waals surface area contributed by atoms with E-state index in [9.17, 15) is 9.59 Å². The highest BCUT2D eigenvalue weighted by atomic mass is 16.4. The van der Waals surface area contributed by atoms with E-state index >= 15 is 0 Å². The molecule has 0 radical (unpaired) electrons. The number of hydrogen-bond donors (Lipinski definition) is 2. The summed E-state index contributed by atoms with van der Waals surface area (Å²) in [6.45, 7) is 5.09. The lowest BCUT2D eigenvalue weighted by atomic mass is 10.1. The number of nitrogens with one attached hydrogen (secondary N) is 1. The van der Waals surface area contributed by atoms with Crippen LogP contribution in [0.2, 0.25) is 0 Å². The van der Waals surface area contributed by atoms with E-state index in [0.29, 0.717) is 5.69 Å². The summed E-state index contributed by atoms with van der Waals surface area (Å²) in [4.78, 5) is 25.2. The summed E-state index contributed by atoms with van der Waals surface area (Å²) in [6.07, 6.45) is 3.73. The molecule has 1 fully saturated rings. The van der Waals surface area contributed by atoms with Crippen LogP contribution in [-0.2, 0) is 9.59 Å². The molecule has 0 spiro atoms. The second-order valence-corrected chi connectivity index (χ2v) is 5.60. The van der Waals surface area contributed by atoms with Gasteiger partial charge in [0.05, 0.1) is 0 Å². The first kappa shape index (κ1) is 16.1. The van der Waals surface area contributed by atoms with Crippen LogP contribution in [0.15, 0.2) is 35.4 Å². The second kappa shape index (κ2) is 7.11. The van der Waals surface area contributed by atoms with Crippen LogP contribution in [0.3, 0.4) is 0 Å². The van der Waals surface area contributed by atoms with Crippen molar-refractivity contribution in [2.75, 3.05) is 23.3 Å². The van der Waals surface area contributed by atoms with Crippen LogP contribution in [-0.4, -0.2) is 30.1 Å². The molecule has 1 aromatic carbocycles. The van der Waals surface area contributed by atoms with Gasteiger partial charge in [0, 0.05) is 35.6 Å². The normalized spacial score (nSPS) is 16.0. The molecule has 5 nitrogen and oxygen atoms in total. The minimum absolute atomic E-state index is 0.0578. The molecule has 0 unspecified atom stereocenters. The molecule has 118 valence electrons. The average Bonchev–Trinajstić information content (AvgIpc) is 2.54. The van der Waals surface area contributed by atoms with Gasteiger partial charge in [0.15, 0.2) is 0 Å². The largest absolute Gasteiger partial charge is 0.478 e. The van der Waals surface area contributed by atoms with Crippen molar-refractivity contribution in [1.29, 1.82) is 0 Å². The Hall–Kier alpha value is -2.30. The first-order chi connectivity index (χ1) is 10.5. The van der Waals surface area contributed by atoms with Crippen molar-refractivity contribution in [2.45, 2.75) is 33.1 Å². The maximum absolute atomic E-state index is 12.0. The highest BCUT2D eigenvalue weighted by Crippen LogP contribution is 2.22. The van der Waals surface area contributed by atoms with Gasteiger partial charge in [-0.3, -0.25) is 4.79 Å². The second-order valence-electron chi connectivity index (χ2n) is 5.60. The zero-order valence-electron chi connectivity index (χ0n) is 13.1. The summed E-state index contributed by atoms with van der Waals surface area (Å²) in [5.41, 5.74) is 2.10. The Morgan fingerprint density at radius 3 is 2.14 bits per heavy atom. The fourth-order valence-corrected chi connectivity index (χ4v) is 2.46. The number of carbonyl (C=O) groups is 2. The molecule has 1 aliphatic heterocycles. The number of aliphatic carboxylic acids is 1. The Labute approximate surface area is 130 Å². The van der Waals surface area contributed by atoms with Gasteiger partial charge in [-0.1, -0.05) is 0 Å². The Bertz CT molecular complexity index is 584. The quantitative estimate of drug-likeness (QED) is 0.839. The van der Waals surface area contributed by atoms with Gasteiger partial charge in [0.25, 0.3) is 5.91 Å². The Morgan fingerprint density at radius 2 is 1.59 bits per heavy atom. The minimum atomic E-state index is -1.08. The predicted molar refractivity (Wildman–Crippen MR) is 87.1 cm³/mol. The molecule has 1 aliphatic rings. The topological polar surface area (TPSA) is 69.6 Å².